The number of alkyl halides is 3. The fraction of sp³-hybridized carbons (Fsp3) is 0.667. The molecular formula is C21H26F3O6S-. The molecule has 4 unspecified atom stereocenters. The maximum absolute atomic E-state index is 13.6. The molecule has 6 nitrogen and oxygen atoms in total. The summed E-state index contributed by atoms with van der Waals surface area (Å²) in [5, 5.41) is 0. The van der Waals surface area contributed by atoms with Crippen molar-refractivity contribution < 1.29 is 40.4 Å². The van der Waals surface area contributed by atoms with E-state index in [0.717, 1.165) is 43.9 Å². The van der Waals surface area contributed by atoms with E-state index in [0.29, 0.717) is 18.3 Å². The molecule has 2 bridgehead atoms. The number of hydrogen-bond acceptors (Lipinski definition) is 6. The Bertz CT molecular complexity index is 930. The van der Waals surface area contributed by atoms with E-state index < -0.39 is 51.5 Å². The molecule has 174 valence electrons. The number of benzene rings is 1. The number of esters is 1. The highest BCUT2D eigenvalue weighted by Crippen LogP contribution is 2.54. The van der Waals surface area contributed by atoms with Crippen molar-refractivity contribution in [1.29, 1.82) is 0 Å². The van der Waals surface area contributed by atoms with Gasteiger partial charge in [0, 0.05) is 5.92 Å². The number of fused-ring (bicyclic) bond motifs is 2. The number of halogens is 3. The average molecular weight is 463 g/mol. The maximum atomic E-state index is 13.6. The summed E-state index contributed by atoms with van der Waals surface area (Å²) >= 11 is 0. The van der Waals surface area contributed by atoms with Gasteiger partial charge in [-0.1, -0.05) is 13.3 Å². The van der Waals surface area contributed by atoms with Crippen molar-refractivity contribution >= 4 is 16.1 Å². The van der Waals surface area contributed by atoms with E-state index in [1.807, 2.05) is 13.8 Å². The normalized spacial score (nSPS) is 25.3. The van der Waals surface area contributed by atoms with E-state index in [4.69, 9.17) is 9.47 Å². The topological polar surface area (TPSA) is 92.7 Å². The third-order valence-corrected chi connectivity index (χ3v) is 7.32. The van der Waals surface area contributed by atoms with Gasteiger partial charge in [-0.2, -0.15) is 13.2 Å². The van der Waals surface area contributed by atoms with Crippen LogP contribution in [-0.4, -0.2) is 36.9 Å². The van der Waals surface area contributed by atoms with Crippen LogP contribution in [0.3, 0.4) is 0 Å². The fourth-order valence-electron chi connectivity index (χ4n) is 4.94. The van der Waals surface area contributed by atoms with Gasteiger partial charge in [0.2, 0.25) is 0 Å². The van der Waals surface area contributed by atoms with Crippen LogP contribution in [0.25, 0.3) is 0 Å². The third kappa shape index (κ3) is 5.52. The molecule has 2 fully saturated rings. The molecule has 0 heterocycles. The number of hydrogen-bond donors (Lipinski definition) is 0. The predicted octanol–water partition coefficient (Wildman–Crippen LogP) is 4.39. The maximum Gasteiger partial charge on any atom is 0.419 e. The van der Waals surface area contributed by atoms with E-state index in [2.05, 4.69) is 0 Å². The van der Waals surface area contributed by atoms with Gasteiger partial charge in [-0.05, 0) is 62.6 Å². The van der Waals surface area contributed by atoms with Gasteiger partial charge in [0.15, 0.2) is 0 Å². The second-order valence-electron chi connectivity index (χ2n) is 8.66. The van der Waals surface area contributed by atoms with Gasteiger partial charge < -0.3 is 14.0 Å². The van der Waals surface area contributed by atoms with Crippen molar-refractivity contribution in [2.75, 3.05) is 12.4 Å². The molecule has 2 aliphatic rings. The van der Waals surface area contributed by atoms with E-state index in [1.54, 1.807) is 0 Å². The largest absolute Gasteiger partial charge is 0.748 e. The van der Waals surface area contributed by atoms with Gasteiger partial charge in [-0.3, -0.25) is 0 Å². The zero-order valence-corrected chi connectivity index (χ0v) is 18.2. The quantitative estimate of drug-likeness (QED) is 0.419. The lowest BCUT2D eigenvalue weighted by atomic mass is 9.75. The monoisotopic (exact) mass is 463 g/mol. The van der Waals surface area contributed by atoms with Gasteiger partial charge in [0.25, 0.3) is 0 Å². The molecule has 0 spiro atoms. The summed E-state index contributed by atoms with van der Waals surface area (Å²) in [4.78, 5) is 12.2. The van der Waals surface area contributed by atoms with Crippen molar-refractivity contribution in [3.8, 4) is 5.75 Å². The molecule has 0 radical (unpaired) electrons. The lowest BCUT2D eigenvalue weighted by molar-refractivity contribution is -0.140. The highest BCUT2D eigenvalue weighted by Gasteiger charge is 2.49. The Balaban J connectivity index is 1.86. The summed E-state index contributed by atoms with van der Waals surface area (Å²) < 4.78 is 83.5. The minimum atomic E-state index is -4.68. The van der Waals surface area contributed by atoms with Crippen LogP contribution < -0.4 is 4.74 Å². The second kappa shape index (κ2) is 8.61. The van der Waals surface area contributed by atoms with Crippen LogP contribution in [0.1, 0.15) is 61.9 Å². The van der Waals surface area contributed by atoms with Crippen LogP contribution >= 0.6 is 0 Å². The third-order valence-electron chi connectivity index (χ3n) is 6.66. The van der Waals surface area contributed by atoms with Gasteiger partial charge >= 0.3 is 12.1 Å². The summed E-state index contributed by atoms with van der Waals surface area (Å²) in [7, 11) is -4.58. The fourth-order valence-corrected chi connectivity index (χ4v) is 5.23. The van der Waals surface area contributed by atoms with Crippen LogP contribution in [0.5, 0.6) is 5.75 Å². The first-order valence-electron chi connectivity index (χ1n) is 10.3. The van der Waals surface area contributed by atoms with Crippen LogP contribution in [0.2, 0.25) is 0 Å². The minimum Gasteiger partial charge on any atom is -0.748 e. The van der Waals surface area contributed by atoms with E-state index in [-0.39, 0.29) is 11.5 Å². The number of rotatable bonds is 8. The minimum absolute atomic E-state index is 0.134. The molecule has 2 saturated carbocycles. The Kier molecular flexibility index (Phi) is 6.63. The Morgan fingerprint density at radius 3 is 2.45 bits per heavy atom. The van der Waals surface area contributed by atoms with Crippen LogP contribution in [0.4, 0.5) is 13.2 Å². The average Bonchev–Trinajstić information content (AvgIpc) is 3.29. The molecule has 1 aromatic carbocycles. The smallest absolute Gasteiger partial charge is 0.419 e. The Morgan fingerprint density at radius 2 is 1.94 bits per heavy atom. The lowest BCUT2D eigenvalue weighted by Gasteiger charge is -2.40. The first kappa shape index (κ1) is 23.8. The summed E-state index contributed by atoms with van der Waals surface area (Å²) in [6, 6.07) is 2.69. The van der Waals surface area contributed by atoms with E-state index >= 15 is 0 Å². The highest BCUT2D eigenvalue weighted by molar-refractivity contribution is 7.85. The van der Waals surface area contributed by atoms with E-state index in [1.165, 1.54) is 0 Å². The molecule has 0 saturated heterocycles. The first-order chi connectivity index (χ1) is 14.3. The summed E-state index contributed by atoms with van der Waals surface area (Å²) in [5.74, 6) is -1.25. The van der Waals surface area contributed by atoms with Crippen molar-refractivity contribution in [3.05, 3.63) is 29.3 Å². The number of carbonyl (C=O) groups excluding carboxylic acids is 1. The predicted molar refractivity (Wildman–Crippen MR) is 105 cm³/mol. The SMILES string of the molecule is CCC(C)(Oc1cc(C(=O)OCCS(=O)(=O)[O-])ccc1C(F)(F)F)C1CC2CCC1C2. The molecule has 3 rings (SSSR count). The first-order valence-corrected chi connectivity index (χ1v) is 11.9. The molecule has 31 heavy (non-hydrogen) atoms. The molecule has 0 amide bonds. The van der Waals surface area contributed by atoms with Gasteiger partial charge in [-0.25, -0.2) is 13.2 Å². The molecule has 1 aromatic rings. The van der Waals surface area contributed by atoms with Crippen molar-refractivity contribution in [2.24, 2.45) is 17.8 Å². The summed E-state index contributed by atoms with van der Waals surface area (Å²) in [6.07, 6.45) is 0.0169. The van der Waals surface area contributed by atoms with Gasteiger partial charge in [0.05, 0.1) is 27.0 Å². The number of ether oxygens (including phenoxy) is 2. The Labute approximate surface area is 179 Å². The number of carbonyl (C=O) groups is 1. The lowest BCUT2D eigenvalue weighted by Crippen LogP contribution is -2.43. The standard InChI is InChI=1S/C21H27F3O6S/c1-3-20(2,17-11-13-4-5-14(17)10-13)30-18-12-15(6-7-16(18)21(22,23)24)19(25)29-8-9-31(26,27)28/h6-7,12-14,17H,3-5,8-11H2,1-2H3,(H,26,27,28)/p-1. The highest BCUT2D eigenvalue weighted by atomic mass is 32.2. The zero-order valence-electron chi connectivity index (χ0n) is 17.4. The van der Waals surface area contributed by atoms with Crippen molar-refractivity contribution in [1.82, 2.24) is 0 Å². The Morgan fingerprint density at radius 1 is 1.23 bits per heavy atom. The van der Waals surface area contributed by atoms with Gasteiger partial charge in [-0.15, -0.1) is 0 Å². The van der Waals surface area contributed by atoms with Crippen molar-refractivity contribution in [3.63, 3.8) is 0 Å². The van der Waals surface area contributed by atoms with Crippen LogP contribution in [0, 0.1) is 17.8 Å². The van der Waals surface area contributed by atoms with Crippen molar-refractivity contribution in [2.45, 2.75) is 57.7 Å². The second-order valence-corrected chi connectivity index (χ2v) is 10.2. The summed E-state index contributed by atoms with van der Waals surface area (Å²) in [5.41, 5.74) is -2.02. The molecule has 2 aliphatic carbocycles. The molecule has 0 aliphatic heterocycles. The van der Waals surface area contributed by atoms with Gasteiger partial charge in [0.1, 0.15) is 18.0 Å². The van der Waals surface area contributed by atoms with E-state index in [9.17, 15) is 30.9 Å². The van der Waals surface area contributed by atoms with Crippen LogP contribution in [0.15, 0.2) is 18.2 Å². The summed E-state index contributed by atoms with van der Waals surface area (Å²) in [6.45, 7) is 3.02. The molecule has 0 aromatic heterocycles. The molecular weight excluding hydrogens is 437 g/mol. The van der Waals surface area contributed by atoms with Crippen LogP contribution in [-0.2, 0) is 21.0 Å². The molecule has 4 atom stereocenters. The molecule has 10 heteroatoms. The molecule has 0 N–H and O–H groups in total. The Hall–Kier alpha value is -1.81. The zero-order chi connectivity index (χ0) is 23.0.